The molecule has 0 spiro atoms. The minimum Gasteiger partial charge on any atom is -0.325 e. The average Bonchev–Trinajstić information content (AvgIpc) is 2.66. The maximum atomic E-state index is 12.8. The van der Waals surface area contributed by atoms with Gasteiger partial charge in [0.25, 0.3) is 5.56 Å². The van der Waals surface area contributed by atoms with Gasteiger partial charge in [0.15, 0.2) is 5.16 Å². The predicted molar refractivity (Wildman–Crippen MR) is 112 cm³/mol. The number of hydrogen-bond donors (Lipinski definition) is 1. The summed E-state index contributed by atoms with van der Waals surface area (Å²) in [7, 11) is 0. The SMILES string of the molecule is C=CCn1c(S[C@H](C)C(=O)Nc2ccc(Cl)cc2)nc2ccccc2c1=O. The first-order valence-corrected chi connectivity index (χ1v) is 9.59. The van der Waals surface area contributed by atoms with E-state index in [4.69, 9.17) is 11.6 Å². The lowest BCUT2D eigenvalue weighted by Crippen LogP contribution is -2.26. The number of para-hydroxylation sites is 1. The van der Waals surface area contributed by atoms with Gasteiger partial charge in [-0.15, -0.1) is 6.58 Å². The van der Waals surface area contributed by atoms with Crippen LogP contribution >= 0.6 is 23.4 Å². The number of amides is 1. The lowest BCUT2D eigenvalue weighted by molar-refractivity contribution is -0.115. The summed E-state index contributed by atoms with van der Waals surface area (Å²) < 4.78 is 1.53. The molecule has 0 bridgehead atoms. The van der Waals surface area contributed by atoms with E-state index in [0.717, 1.165) is 0 Å². The third-order valence-corrected chi connectivity index (χ3v) is 5.24. The van der Waals surface area contributed by atoms with Gasteiger partial charge in [0, 0.05) is 17.3 Å². The van der Waals surface area contributed by atoms with Gasteiger partial charge in [0.05, 0.1) is 16.2 Å². The monoisotopic (exact) mass is 399 g/mol. The molecule has 0 aliphatic rings. The fourth-order valence-electron chi connectivity index (χ4n) is 2.52. The molecule has 3 aromatic rings. The molecule has 27 heavy (non-hydrogen) atoms. The zero-order valence-electron chi connectivity index (χ0n) is 14.7. The number of nitrogens with one attached hydrogen (secondary N) is 1. The molecule has 1 amide bonds. The molecule has 1 N–H and O–H groups in total. The van der Waals surface area contributed by atoms with Gasteiger partial charge in [0.2, 0.25) is 5.91 Å². The van der Waals surface area contributed by atoms with Crippen molar-refractivity contribution in [2.45, 2.75) is 23.9 Å². The number of hydrogen-bond acceptors (Lipinski definition) is 4. The summed E-state index contributed by atoms with van der Waals surface area (Å²) in [5.41, 5.74) is 1.12. The second-order valence-corrected chi connectivity index (χ2v) is 7.62. The predicted octanol–water partition coefficient (Wildman–Crippen LogP) is 4.36. The van der Waals surface area contributed by atoms with Crippen molar-refractivity contribution in [1.29, 1.82) is 0 Å². The first kappa shape index (κ1) is 19.2. The molecule has 1 aromatic heterocycles. The van der Waals surface area contributed by atoms with E-state index in [0.29, 0.717) is 33.3 Å². The van der Waals surface area contributed by atoms with Crippen molar-refractivity contribution in [3.63, 3.8) is 0 Å². The van der Waals surface area contributed by atoms with E-state index < -0.39 is 5.25 Å². The quantitative estimate of drug-likeness (QED) is 0.380. The van der Waals surface area contributed by atoms with Crippen LogP contribution in [0.25, 0.3) is 10.9 Å². The van der Waals surface area contributed by atoms with E-state index in [1.54, 1.807) is 55.5 Å². The number of fused-ring (bicyclic) bond motifs is 1. The summed E-state index contributed by atoms with van der Waals surface area (Å²) in [6.07, 6.45) is 1.64. The van der Waals surface area contributed by atoms with Crippen LogP contribution in [0.3, 0.4) is 0 Å². The van der Waals surface area contributed by atoms with E-state index >= 15 is 0 Å². The van der Waals surface area contributed by atoms with Crippen molar-refractivity contribution in [3.05, 3.63) is 76.6 Å². The number of nitrogens with zero attached hydrogens (tertiary/aromatic N) is 2. The van der Waals surface area contributed by atoms with Gasteiger partial charge in [-0.05, 0) is 43.3 Å². The molecule has 5 nitrogen and oxygen atoms in total. The van der Waals surface area contributed by atoms with E-state index in [1.807, 2.05) is 6.07 Å². The molecule has 138 valence electrons. The molecule has 0 fully saturated rings. The molecule has 0 aliphatic heterocycles. The highest BCUT2D eigenvalue weighted by Crippen LogP contribution is 2.24. The van der Waals surface area contributed by atoms with Crippen molar-refractivity contribution in [2.75, 3.05) is 5.32 Å². The number of rotatable bonds is 6. The van der Waals surface area contributed by atoms with Gasteiger partial charge >= 0.3 is 0 Å². The number of carbonyl (C=O) groups excluding carboxylic acids is 1. The fourth-order valence-corrected chi connectivity index (χ4v) is 3.56. The first-order chi connectivity index (χ1) is 13.0. The molecule has 0 radical (unpaired) electrons. The number of halogens is 1. The highest BCUT2D eigenvalue weighted by Gasteiger charge is 2.19. The van der Waals surface area contributed by atoms with Crippen LogP contribution < -0.4 is 10.9 Å². The third kappa shape index (κ3) is 4.40. The minimum absolute atomic E-state index is 0.145. The van der Waals surface area contributed by atoms with Crippen molar-refractivity contribution < 1.29 is 4.79 Å². The zero-order valence-corrected chi connectivity index (χ0v) is 16.3. The van der Waals surface area contributed by atoms with E-state index in [2.05, 4.69) is 16.9 Å². The summed E-state index contributed by atoms with van der Waals surface area (Å²) in [5.74, 6) is -0.185. The van der Waals surface area contributed by atoms with Gasteiger partial charge in [-0.3, -0.25) is 14.2 Å². The molecule has 2 aromatic carbocycles. The minimum atomic E-state index is -0.454. The standard InChI is InChI=1S/C20H18ClN3O2S/c1-3-12-24-19(26)16-6-4-5-7-17(16)23-20(24)27-13(2)18(25)22-15-10-8-14(21)9-11-15/h3-11,13H,1,12H2,2H3,(H,22,25)/t13-/m1/s1. The molecule has 0 unspecified atom stereocenters. The lowest BCUT2D eigenvalue weighted by Gasteiger charge is -2.15. The maximum absolute atomic E-state index is 12.8. The topological polar surface area (TPSA) is 64.0 Å². The van der Waals surface area contributed by atoms with Gasteiger partial charge in [-0.25, -0.2) is 4.98 Å². The second-order valence-electron chi connectivity index (χ2n) is 5.87. The Labute approximate surface area is 166 Å². The Morgan fingerprint density at radius 2 is 2.00 bits per heavy atom. The van der Waals surface area contributed by atoms with Gasteiger partial charge < -0.3 is 5.32 Å². The largest absolute Gasteiger partial charge is 0.325 e. The van der Waals surface area contributed by atoms with Gasteiger partial charge in [0.1, 0.15) is 0 Å². The Morgan fingerprint density at radius 1 is 1.30 bits per heavy atom. The fraction of sp³-hybridized carbons (Fsp3) is 0.150. The summed E-state index contributed by atoms with van der Waals surface area (Å²) in [6, 6.07) is 14.1. The second kappa shape index (κ2) is 8.41. The molecule has 7 heteroatoms. The Kier molecular flexibility index (Phi) is 5.98. The van der Waals surface area contributed by atoms with Crippen molar-refractivity contribution in [1.82, 2.24) is 9.55 Å². The van der Waals surface area contributed by atoms with Crippen LogP contribution in [-0.4, -0.2) is 20.7 Å². The molecule has 0 saturated carbocycles. The number of thioether (sulfide) groups is 1. The normalized spacial score (nSPS) is 11.9. The summed E-state index contributed by atoms with van der Waals surface area (Å²) in [4.78, 5) is 29.9. The summed E-state index contributed by atoms with van der Waals surface area (Å²) in [6.45, 7) is 5.81. The number of aromatic nitrogens is 2. The first-order valence-electron chi connectivity index (χ1n) is 8.33. The van der Waals surface area contributed by atoms with E-state index in [9.17, 15) is 9.59 Å². The van der Waals surface area contributed by atoms with Crippen LogP contribution in [0.2, 0.25) is 5.02 Å². The van der Waals surface area contributed by atoms with Crippen LogP contribution in [-0.2, 0) is 11.3 Å². The molecular weight excluding hydrogens is 382 g/mol. The zero-order chi connectivity index (χ0) is 19.4. The third-order valence-electron chi connectivity index (χ3n) is 3.90. The summed E-state index contributed by atoms with van der Waals surface area (Å²) >= 11 is 7.10. The van der Waals surface area contributed by atoms with Crippen LogP contribution in [0.4, 0.5) is 5.69 Å². The molecule has 3 rings (SSSR count). The number of benzene rings is 2. The molecule has 0 aliphatic carbocycles. The smallest absolute Gasteiger partial charge is 0.262 e. The number of allylic oxidation sites excluding steroid dienone is 1. The Morgan fingerprint density at radius 3 is 2.70 bits per heavy atom. The molecule has 1 atom stereocenters. The van der Waals surface area contributed by atoms with Gasteiger partial charge in [-0.1, -0.05) is 41.6 Å². The number of anilines is 1. The Hall–Kier alpha value is -2.57. The Bertz CT molecular complexity index is 1050. The Balaban J connectivity index is 1.87. The maximum Gasteiger partial charge on any atom is 0.262 e. The number of carbonyl (C=O) groups is 1. The van der Waals surface area contributed by atoms with E-state index in [-0.39, 0.29) is 11.5 Å². The van der Waals surface area contributed by atoms with Crippen molar-refractivity contribution in [3.8, 4) is 0 Å². The highest BCUT2D eigenvalue weighted by atomic mass is 35.5. The molecule has 0 saturated heterocycles. The van der Waals surface area contributed by atoms with Crippen LogP contribution in [0.1, 0.15) is 6.92 Å². The lowest BCUT2D eigenvalue weighted by atomic mass is 10.2. The van der Waals surface area contributed by atoms with Crippen molar-refractivity contribution in [2.24, 2.45) is 0 Å². The average molecular weight is 400 g/mol. The van der Waals surface area contributed by atoms with Crippen LogP contribution in [0.5, 0.6) is 0 Å². The summed E-state index contributed by atoms with van der Waals surface area (Å²) in [5, 5.41) is 4.01. The molecule has 1 heterocycles. The molecular formula is C20H18ClN3O2S. The van der Waals surface area contributed by atoms with Crippen LogP contribution in [0, 0.1) is 0 Å². The van der Waals surface area contributed by atoms with E-state index in [1.165, 1.54) is 16.3 Å². The van der Waals surface area contributed by atoms with Gasteiger partial charge in [-0.2, -0.15) is 0 Å². The van der Waals surface area contributed by atoms with Crippen LogP contribution in [0.15, 0.2) is 71.1 Å². The van der Waals surface area contributed by atoms with Crippen molar-refractivity contribution >= 4 is 45.9 Å². The highest BCUT2D eigenvalue weighted by molar-refractivity contribution is 8.00.